The van der Waals surface area contributed by atoms with Crippen LogP contribution in [0.4, 0.5) is 13.2 Å². The van der Waals surface area contributed by atoms with Gasteiger partial charge in [0.25, 0.3) is 0 Å². The van der Waals surface area contributed by atoms with E-state index in [1.807, 2.05) is 0 Å². The third kappa shape index (κ3) is 1.68. The molecule has 0 aliphatic rings. The summed E-state index contributed by atoms with van der Waals surface area (Å²) < 4.78 is 38.9. The van der Waals surface area contributed by atoms with E-state index >= 15 is 0 Å². The number of aryl methyl sites for hydroxylation is 1. The minimum atomic E-state index is -4.42. The van der Waals surface area contributed by atoms with Crippen LogP contribution < -0.4 is 5.43 Å². The Hall–Kier alpha value is -1.78. The normalized spacial score (nSPS) is 12.0. The fourth-order valence-corrected chi connectivity index (χ4v) is 1.57. The third-order valence-corrected chi connectivity index (χ3v) is 2.42. The van der Waals surface area contributed by atoms with Crippen LogP contribution in [0.1, 0.15) is 5.56 Å². The highest BCUT2D eigenvalue weighted by Gasteiger charge is 2.30. The Labute approximate surface area is 88.9 Å². The lowest BCUT2D eigenvalue weighted by Crippen LogP contribution is -2.09. The van der Waals surface area contributed by atoms with E-state index in [1.54, 1.807) is 11.6 Å². The van der Waals surface area contributed by atoms with E-state index in [2.05, 4.69) is 0 Å². The molecule has 5 heteroatoms. The quantitative estimate of drug-likeness (QED) is 0.678. The van der Waals surface area contributed by atoms with Crippen molar-refractivity contribution in [2.75, 3.05) is 0 Å². The van der Waals surface area contributed by atoms with Crippen molar-refractivity contribution in [1.82, 2.24) is 4.57 Å². The zero-order chi connectivity index (χ0) is 11.9. The van der Waals surface area contributed by atoms with Gasteiger partial charge in [-0.25, -0.2) is 0 Å². The summed E-state index contributed by atoms with van der Waals surface area (Å²) in [7, 11) is 1.68. The molecule has 0 saturated carbocycles. The maximum Gasteiger partial charge on any atom is 0.416 e. The number of rotatable bonds is 0. The highest BCUT2D eigenvalue weighted by molar-refractivity contribution is 5.79. The molecule has 0 atom stereocenters. The van der Waals surface area contributed by atoms with Gasteiger partial charge in [-0.1, -0.05) is 0 Å². The number of halogens is 3. The van der Waals surface area contributed by atoms with Gasteiger partial charge in [-0.3, -0.25) is 4.79 Å². The summed E-state index contributed by atoms with van der Waals surface area (Å²) in [6, 6.07) is 4.42. The highest BCUT2D eigenvalue weighted by Crippen LogP contribution is 2.30. The molecule has 2 rings (SSSR count). The van der Waals surface area contributed by atoms with Crippen LogP contribution in [0.15, 0.2) is 35.3 Å². The van der Waals surface area contributed by atoms with E-state index < -0.39 is 17.2 Å². The molecule has 0 amide bonds. The number of nitrogens with zero attached hydrogens (tertiary/aromatic N) is 1. The molecule has 16 heavy (non-hydrogen) atoms. The predicted octanol–water partition coefficient (Wildman–Crippen LogP) is 2.56. The van der Waals surface area contributed by atoms with Crippen LogP contribution in [0, 0.1) is 0 Å². The van der Waals surface area contributed by atoms with Gasteiger partial charge in [0.15, 0.2) is 5.43 Å². The van der Waals surface area contributed by atoms with E-state index in [4.69, 9.17) is 0 Å². The van der Waals surface area contributed by atoms with Gasteiger partial charge in [0, 0.05) is 24.7 Å². The summed E-state index contributed by atoms with van der Waals surface area (Å²) in [6.07, 6.45) is -2.90. The van der Waals surface area contributed by atoms with Gasteiger partial charge in [-0.15, -0.1) is 0 Å². The summed E-state index contributed by atoms with van der Waals surface area (Å²) in [5.74, 6) is 0. The average molecular weight is 227 g/mol. The van der Waals surface area contributed by atoms with Gasteiger partial charge in [0.1, 0.15) is 0 Å². The minimum Gasteiger partial charge on any atom is -0.350 e. The van der Waals surface area contributed by atoms with Crippen molar-refractivity contribution in [3.05, 3.63) is 46.2 Å². The molecule has 0 unspecified atom stereocenters. The zero-order valence-corrected chi connectivity index (χ0v) is 8.38. The maximum atomic E-state index is 12.4. The van der Waals surface area contributed by atoms with E-state index in [-0.39, 0.29) is 5.39 Å². The molecular weight excluding hydrogens is 219 g/mol. The molecule has 1 aromatic heterocycles. The summed E-state index contributed by atoms with van der Waals surface area (Å²) in [6.45, 7) is 0. The van der Waals surface area contributed by atoms with Crippen LogP contribution in [-0.2, 0) is 13.2 Å². The van der Waals surface area contributed by atoms with Crippen molar-refractivity contribution in [3.8, 4) is 0 Å². The molecule has 2 nitrogen and oxygen atoms in total. The van der Waals surface area contributed by atoms with Gasteiger partial charge in [0.05, 0.1) is 11.1 Å². The Morgan fingerprint density at radius 3 is 2.50 bits per heavy atom. The Morgan fingerprint density at radius 1 is 1.19 bits per heavy atom. The molecule has 0 N–H and O–H groups in total. The van der Waals surface area contributed by atoms with Crippen LogP contribution in [-0.4, -0.2) is 4.57 Å². The number of alkyl halides is 3. The lowest BCUT2D eigenvalue weighted by atomic mass is 10.1. The summed E-state index contributed by atoms with van der Waals surface area (Å²) in [5, 5.41) is 0.0832. The summed E-state index contributed by atoms with van der Waals surface area (Å²) in [5.41, 5.74) is -0.719. The van der Waals surface area contributed by atoms with Crippen LogP contribution in [0.3, 0.4) is 0 Å². The monoisotopic (exact) mass is 227 g/mol. The number of aromatic nitrogens is 1. The van der Waals surface area contributed by atoms with Crippen molar-refractivity contribution in [2.24, 2.45) is 7.05 Å². The molecule has 1 heterocycles. The lowest BCUT2D eigenvalue weighted by Gasteiger charge is -2.09. The second-order valence-electron chi connectivity index (χ2n) is 3.52. The number of pyridine rings is 1. The molecule has 2 aromatic rings. The molecule has 0 aliphatic carbocycles. The minimum absolute atomic E-state index is 0.0832. The van der Waals surface area contributed by atoms with Gasteiger partial charge in [-0.2, -0.15) is 13.2 Å². The summed E-state index contributed by atoms with van der Waals surface area (Å²) in [4.78, 5) is 11.4. The first kappa shape index (κ1) is 10.7. The second kappa shape index (κ2) is 3.37. The molecule has 0 fully saturated rings. The van der Waals surface area contributed by atoms with E-state index in [0.29, 0.717) is 5.52 Å². The van der Waals surface area contributed by atoms with Crippen molar-refractivity contribution in [1.29, 1.82) is 0 Å². The van der Waals surface area contributed by atoms with Crippen molar-refractivity contribution >= 4 is 10.9 Å². The summed E-state index contributed by atoms with van der Waals surface area (Å²) >= 11 is 0. The molecule has 0 radical (unpaired) electrons. The van der Waals surface area contributed by atoms with Gasteiger partial charge in [-0.05, 0) is 18.2 Å². The molecule has 84 valence electrons. The topological polar surface area (TPSA) is 22.0 Å². The van der Waals surface area contributed by atoms with E-state index in [9.17, 15) is 18.0 Å². The Kier molecular flexibility index (Phi) is 2.26. The van der Waals surface area contributed by atoms with Crippen LogP contribution in [0.2, 0.25) is 0 Å². The smallest absolute Gasteiger partial charge is 0.350 e. The Bertz CT molecular complexity index is 598. The van der Waals surface area contributed by atoms with Crippen LogP contribution in [0.5, 0.6) is 0 Å². The van der Waals surface area contributed by atoms with Crippen LogP contribution >= 0.6 is 0 Å². The lowest BCUT2D eigenvalue weighted by molar-refractivity contribution is -0.137. The molecule has 0 aliphatic heterocycles. The fourth-order valence-electron chi connectivity index (χ4n) is 1.57. The Morgan fingerprint density at radius 2 is 1.88 bits per heavy atom. The van der Waals surface area contributed by atoms with Crippen molar-refractivity contribution < 1.29 is 13.2 Å². The Balaban J connectivity index is 2.81. The molecule has 1 aromatic carbocycles. The molecule has 0 saturated heterocycles. The fraction of sp³-hybridized carbons (Fsp3) is 0.182. The average Bonchev–Trinajstić information content (AvgIpc) is 2.22. The number of hydrogen-bond acceptors (Lipinski definition) is 1. The van der Waals surface area contributed by atoms with Gasteiger partial charge < -0.3 is 4.57 Å². The zero-order valence-electron chi connectivity index (χ0n) is 8.38. The first-order chi connectivity index (χ1) is 7.39. The number of hydrogen-bond donors (Lipinski definition) is 0. The number of fused-ring (bicyclic) bond motifs is 1. The van der Waals surface area contributed by atoms with E-state index in [1.165, 1.54) is 18.3 Å². The first-order valence-electron chi connectivity index (χ1n) is 4.56. The number of benzene rings is 1. The largest absolute Gasteiger partial charge is 0.416 e. The SMILES string of the molecule is Cn1ccc(=O)c2cc(C(F)(F)F)ccc21. The van der Waals surface area contributed by atoms with Gasteiger partial charge >= 0.3 is 6.18 Å². The third-order valence-electron chi connectivity index (χ3n) is 2.42. The first-order valence-corrected chi connectivity index (χ1v) is 4.56. The maximum absolute atomic E-state index is 12.4. The highest BCUT2D eigenvalue weighted by atomic mass is 19.4. The predicted molar refractivity (Wildman–Crippen MR) is 54.2 cm³/mol. The molecule has 0 spiro atoms. The molecule has 0 bridgehead atoms. The standard InChI is InChI=1S/C11H8F3NO/c1-15-5-4-10(16)8-6-7(11(12,13)14)2-3-9(8)15/h2-6H,1H3. The van der Waals surface area contributed by atoms with Crippen molar-refractivity contribution in [2.45, 2.75) is 6.18 Å². The van der Waals surface area contributed by atoms with E-state index in [0.717, 1.165) is 12.1 Å². The second-order valence-corrected chi connectivity index (χ2v) is 3.52. The van der Waals surface area contributed by atoms with Crippen LogP contribution in [0.25, 0.3) is 10.9 Å². The van der Waals surface area contributed by atoms with Gasteiger partial charge in [0.2, 0.25) is 0 Å². The van der Waals surface area contributed by atoms with Crippen molar-refractivity contribution in [3.63, 3.8) is 0 Å². The molecular formula is C11H8F3NO.